The molecule has 0 aliphatic carbocycles. The van der Waals surface area contributed by atoms with Crippen molar-refractivity contribution >= 4 is 34.5 Å². The Morgan fingerprint density at radius 2 is 1.88 bits per heavy atom. The Hall–Kier alpha value is -2.48. The molecule has 3 aromatic rings. The van der Waals surface area contributed by atoms with Gasteiger partial charge in [-0.05, 0) is 24.6 Å². The summed E-state index contributed by atoms with van der Waals surface area (Å²) < 4.78 is 5.02. The number of aromatic nitrogens is 4. The summed E-state index contributed by atoms with van der Waals surface area (Å²) in [4.78, 5) is 24.3. The third-order valence-corrected chi connectivity index (χ3v) is 6.04. The van der Waals surface area contributed by atoms with Gasteiger partial charge in [-0.1, -0.05) is 6.07 Å². The quantitative estimate of drug-likeness (QED) is 0.719. The Morgan fingerprint density at radius 3 is 2.64 bits per heavy atom. The van der Waals surface area contributed by atoms with Gasteiger partial charge in [0.2, 0.25) is 5.91 Å². The largest absolute Gasteiger partial charge is 0.328 e. The number of hydrogen-bond acceptors (Lipinski definition) is 4. The number of hydrogen-bond donors (Lipinski definition) is 1. The number of carbonyl (C=O) groups excluding carboxylic acids is 1. The number of carbonyl (C=O) groups is 1. The fraction of sp³-hybridized carbons (Fsp3) is 0.353. The van der Waals surface area contributed by atoms with E-state index in [9.17, 15) is 9.59 Å². The molecule has 25 heavy (non-hydrogen) atoms. The first kappa shape index (κ1) is 16.0. The van der Waals surface area contributed by atoms with E-state index in [0.29, 0.717) is 5.75 Å². The minimum Gasteiger partial charge on any atom is -0.310 e. The molecule has 0 unspecified atom stereocenters. The van der Waals surface area contributed by atoms with Crippen molar-refractivity contribution in [1.29, 1.82) is 0 Å². The van der Waals surface area contributed by atoms with Crippen molar-refractivity contribution in [3.63, 3.8) is 0 Å². The van der Waals surface area contributed by atoms with Crippen molar-refractivity contribution in [2.75, 3.05) is 11.1 Å². The predicted molar refractivity (Wildman–Crippen MR) is 99.0 cm³/mol. The fourth-order valence-corrected chi connectivity index (χ4v) is 4.68. The van der Waals surface area contributed by atoms with Gasteiger partial charge in [-0.2, -0.15) is 5.10 Å². The summed E-state index contributed by atoms with van der Waals surface area (Å²) >= 11 is 1.58. The van der Waals surface area contributed by atoms with Crippen LogP contribution in [-0.2, 0) is 25.9 Å². The van der Waals surface area contributed by atoms with Crippen LogP contribution >= 0.6 is 11.8 Å². The first-order chi connectivity index (χ1) is 11.9. The molecule has 1 aromatic carbocycles. The van der Waals surface area contributed by atoms with Crippen LogP contribution in [0.2, 0.25) is 0 Å². The molecule has 3 heterocycles. The molecule has 1 aliphatic rings. The maximum atomic E-state index is 12.2. The molecule has 7 nitrogen and oxygen atoms in total. The Kier molecular flexibility index (Phi) is 3.54. The maximum absolute atomic E-state index is 12.2. The molecule has 8 heteroatoms. The van der Waals surface area contributed by atoms with Crippen molar-refractivity contribution in [3.8, 4) is 0 Å². The molecule has 2 aromatic heterocycles. The molecule has 1 N–H and O–H groups in total. The molecule has 0 radical (unpaired) electrons. The third-order valence-electron chi connectivity index (χ3n) is 4.77. The first-order valence-electron chi connectivity index (χ1n) is 7.98. The summed E-state index contributed by atoms with van der Waals surface area (Å²) in [5.74, 6) is 1.11. The zero-order chi connectivity index (χ0) is 17.9. The number of amides is 1. The highest BCUT2D eigenvalue weighted by atomic mass is 32.2. The van der Waals surface area contributed by atoms with Crippen LogP contribution in [0.15, 0.2) is 23.0 Å². The highest BCUT2D eigenvalue weighted by molar-refractivity contribution is 8.00. The monoisotopic (exact) mass is 357 g/mol. The first-order valence-corrected chi connectivity index (χ1v) is 9.03. The molecule has 1 amide bonds. The molecule has 1 aliphatic heterocycles. The molecule has 0 saturated heterocycles. The Bertz CT molecular complexity index is 1080. The minimum atomic E-state index is -0.0456. The Balaban J connectivity index is 1.93. The van der Waals surface area contributed by atoms with Crippen LogP contribution in [0.5, 0.6) is 0 Å². The standard InChI is InChI=1S/C17H19N5O2S/c1-9-14-15(25-8-13(23)18-16(14)22(4)19-9)10-5-6-11-12(7-10)21(3)17(24)20(11)2/h5-7,15H,8H2,1-4H3,(H,18,23)/t15-/m1/s1. The van der Waals surface area contributed by atoms with Crippen molar-refractivity contribution in [2.45, 2.75) is 12.2 Å². The SMILES string of the molecule is Cc1nn(C)c2c1[C@@H](c1ccc3c(c1)n(C)c(=O)n3C)SCC(=O)N2. The molecule has 4 rings (SSSR count). The number of benzene rings is 1. The van der Waals surface area contributed by atoms with Crippen molar-refractivity contribution in [2.24, 2.45) is 21.1 Å². The lowest BCUT2D eigenvalue weighted by Crippen LogP contribution is -2.19. The Labute approximate surface area is 148 Å². The van der Waals surface area contributed by atoms with Crippen molar-refractivity contribution in [1.82, 2.24) is 18.9 Å². The second-order valence-corrected chi connectivity index (χ2v) is 7.45. The zero-order valence-corrected chi connectivity index (χ0v) is 15.3. The van der Waals surface area contributed by atoms with Crippen LogP contribution < -0.4 is 11.0 Å². The van der Waals surface area contributed by atoms with Gasteiger partial charge < -0.3 is 5.32 Å². The second kappa shape index (κ2) is 5.52. The highest BCUT2D eigenvalue weighted by Crippen LogP contribution is 2.43. The number of nitrogens with one attached hydrogen (secondary N) is 1. The summed E-state index contributed by atoms with van der Waals surface area (Å²) in [7, 11) is 5.39. The fourth-order valence-electron chi connectivity index (χ4n) is 3.50. The predicted octanol–water partition coefficient (Wildman–Crippen LogP) is 1.69. The molecule has 1 atom stereocenters. The molecular formula is C17H19N5O2S. The van der Waals surface area contributed by atoms with E-state index in [4.69, 9.17) is 0 Å². The van der Waals surface area contributed by atoms with Gasteiger partial charge in [0, 0.05) is 26.7 Å². The average Bonchev–Trinajstić information content (AvgIpc) is 2.89. The normalized spacial score (nSPS) is 17.4. The summed E-state index contributed by atoms with van der Waals surface area (Å²) in [6.45, 7) is 1.96. The summed E-state index contributed by atoms with van der Waals surface area (Å²) in [5, 5.41) is 7.41. The van der Waals surface area contributed by atoms with E-state index in [0.717, 1.165) is 33.7 Å². The van der Waals surface area contributed by atoms with Gasteiger partial charge in [-0.25, -0.2) is 4.79 Å². The van der Waals surface area contributed by atoms with E-state index in [1.807, 2.05) is 32.2 Å². The highest BCUT2D eigenvalue weighted by Gasteiger charge is 2.29. The number of imidazole rings is 1. The number of aryl methyl sites for hydroxylation is 4. The second-order valence-electron chi connectivity index (χ2n) is 6.36. The van der Waals surface area contributed by atoms with Gasteiger partial charge in [0.1, 0.15) is 5.82 Å². The smallest absolute Gasteiger partial charge is 0.310 e. The summed E-state index contributed by atoms with van der Waals surface area (Å²) in [5.41, 5.74) is 4.73. The topological polar surface area (TPSA) is 73.8 Å². The molecule has 0 bridgehead atoms. The van der Waals surface area contributed by atoms with E-state index < -0.39 is 0 Å². The van der Waals surface area contributed by atoms with Gasteiger partial charge in [0.05, 0.1) is 27.7 Å². The van der Waals surface area contributed by atoms with Gasteiger partial charge in [0.15, 0.2) is 0 Å². The van der Waals surface area contributed by atoms with Crippen molar-refractivity contribution < 1.29 is 4.79 Å². The third kappa shape index (κ3) is 2.31. The Morgan fingerprint density at radius 1 is 1.16 bits per heavy atom. The summed E-state index contributed by atoms with van der Waals surface area (Å²) in [6, 6.07) is 6.05. The number of fused-ring (bicyclic) bond motifs is 2. The van der Waals surface area contributed by atoms with Gasteiger partial charge >= 0.3 is 5.69 Å². The minimum absolute atomic E-state index is 0.0117. The van der Waals surface area contributed by atoms with Gasteiger partial charge in [-0.15, -0.1) is 11.8 Å². The van der Waals surface area contributed by atoms with E-state index in [1.165, 1.54) is 0 Å². The van der Waals surface area contributed by atoms with Crippen LogP contribution in [0.25, 0.3) is 11.0 Å². The van der Waals surface area contributed by atoms with E-state index >= 15 is 0 Å². The zero-order valence-electron chi connectivity index (χ0n) is 14.5. The molecular weight excluding hydrogens is 338 g/mol. The van der Waals surface area contributed by atoms with Crippen molar-refractivity contribution in [3.05, 3.63) is 45.5 Å². The number of nitrogens with zero attached hydrogens (tertiary/aromatic N) is 4. The summed E-state index contributed by atoms with van der Waals surface area (Å²) in [6.07, 6.45) is 0. The number of rotatable bonds is 1. The molecule has 0 fully saturated rings. The lowest BCUT2D eigenvalue weighted by atomic mass is 10.0. The van der Waals surface area contributed by atoms with E-state index in [2.05, 4.69) is 10.4 Å². The van der Waals surface area contributed by atoms with Crippen LogP contribution in [0.1, 0.15) is 22.1 Å². The molecule has 130 valence electrons. The lowest BCUT2D eigenvalue weighted by Gasteiger charge is -2.15. The lowest BCUT2D eigenvalue weighted by molar-refractivity contribution is -0.113. The molecule has 0 spiro atoms. The average molecular weight is 357 g/mol. The van der Waals surface area contributed by atoms with Gasteiger partial charge in [0.25, 0.3) is 0 Å². The van der Waals surface area contributed by atoms with Crippen LogP contribution in [0.4, 0.5) is 5.82 Å². The van der Waals surface area contributed by atoms with Gasteiger partial charge in [-0.3, -0.25) is 18.6 Å². The van der Waals surface area contributed by atoms with Crippen LogP contribution in [0, 0.1) is 6.92 Å². The maximum Gasteiger partial charge on any atom is 0.328 e. The number of thioether (sulfide) groups is 1. The van der Waals surface area contributed by atoms with E-state index in [1.54, 1.807) is 39.7 Å². The van der Waals surface area contributed by atoms with E-state index in [-0.39, 0.29) is 16.8 Å². The molecule has 0 saturated carbocycles. The number of anilines is 1. The van der Waals surface area contributed by atoms with Crippen LogP contribution in [-0.4, -0.2) is 30.6 Å². The van der Waals surface area contributed by atoms with Crippen LogP contribution in [0.3, 0.4) is 0 Å².